The second-order valence-corrected chi connectivity index (χ2v) is 28.5. The summed E-state index contributed by atoms with van der Waals surface area (Å²) in [6.07, 6.45) is 50.1. The Morgan fingerprint density at radius 2 is 0.292 bits per heavy atom. The fourth-order valence-corrected chi connectivity index (χ4v) is 18.4. The number of hydrogen-bond acceptors (Lipinski definition) is 6. The Morgan fingerprint density at radius 3 is 0.417 bits per heavy atom. The van der Waals surface area contributed by atoms with Gasteiger partial charge in [-0.1, -0.05) is 304 Å². The van der Waals surface area contributed by atoms with E-state index in [2.05, 4.69) is 112 Å². The predicted octanol–water partition coefficient (Wildman–Crippen LogP) is 28.0. The van der Waals surface area contributed by atoms with Gasteiger partial charge in [-0.3, -0.25) is 0 Å². The normalized spacial score (nSPS) is 11.5. The second-order valence-electron chi connectivity index (χ2n) is 19.6. The molecule has 0 saturated carbocycles. The maximum absolute atomic E-state index is 5.67. The van der Waals surface area contributed by atoms with Crippen molar-refractivity contribution in [3.8, 4) is 0 Å². The monoisotopic (exact) mass is 1220 g/mol. The lowest BCUT2D eigenvalue weighted by atomic mass is 10.1. The molecule has 0 nitrogen and oxygen atoms in total. The number of unbranched alkanes of at least 4 members (excludes halogenated alkanes) is 30. The van der Waals surface area contributed by atoms with Crippen molar-refractivity contribution in [2.24, 2.45) is 0 Å². The lowest BCUT2D eigenvalue weighted by molar-refractivity contribution is 0.625. The lowest BCUT2D eigenvalue weighted by Gasteiger charge is -2.25. The van der Waals surface area contributed by atoms with Gasteiger partial charge in [-0.2, -0.15) is 0 Å². The molecule has 0 unspecified atom stereocenters. The predicted molar refractivity (Wildman–Crippen MR) is 348 cm³/mol. The van der Waals surface area contributed by atoms with Crippen molar-refractivity contribution in [1.29, 1.82) is 0 Å². The Kier molecular flexibility index (Phi) is 51.6. The quantitative estimate of drug-likeness (QED) is 0.0278. The fraction of sp³-hybridized carbons (Fsp3) is 0.800. The number of halogens is 6. The first-order valence-corrected chi connectivity index (χ1v) is 37.5. The van der Waals surface area contributed by atoms with Crippen LogP contribution < -0.4 is 0 Å². The zero-order chi connectivity index (χ0) is 52.9. The van der Waals surface area contributed by atoms with Crippen LogP contribution >= 0.6 is 140 Å². The number of hydrogen-bond donors (Lipinski definition) is 0. The molecule has 0 radical (unpaired) electrons. The molecule has 0 heterocycles. The van der Waals surface area contributed by atoms with Crippen LogP contribution in [0.4, 0.5) is 0 Å². The van der Waals surface area contributed by atoms with Crippen molar-refractivity contribution in [1.82, 2.24) is 0 Å². The van der Waals surface area contributed by atoms with Crippen LogP contribution in [-0.2, 0) is 0 Å². The summed E-state index contributed by atoms with van der Waals surface area (Å²) in [6.45, 7) is 14.1. The van der Waals surface area contributed by atoms with Crippen LogP contribution in [0.3, 0.4) is 0 Å². The lowest BCUT2D eigenvalue weighted by Crippen LogP contribution is -2.01. The Morgan fingerprint density at radius 1 is 0.181 bits per heavy atom. The molecule has 2 aromatic carbocycles. The molecule has 0 amide bonds. The third-order valence-corrected chi connectivity index (χ3v) is 23.6. The van der Waals surface area contributed by atoms with Crippen molar-refractivity contribution in [3.63, 3.8) is 0 Å². The zero-order valence-corrected chi connectivity index (χ0v) is 55.9. The van der Waals surface area contributed by atoms with E-state index in [-0.39, 0.29) is 30.1 Å². The molecular weight excluding hydrogens is 1130 g/mol. The van der Waals surface area contributed by atoms with Gasteiger partial charge >= 0.3 is 0 Å². The summed E-state index contributed by atoms with van der Waals surface area (Å²) in [5, 5.41) is 0.654. The van der Waals surface area contributed by atoms with E-state index in [1.165, 1.54) is 266 Å². The van der Waals surface area contributed by atoms with E-state index in [1.807, 2.05) is 0 Å². The molecule has 0 aromatic heterocycles. The minimum absolute atomic E-state index is 0.109. The average Bonchev–Trinajstić information content (AvgIpc) is 3.38. The third kappa shape index (κ3) is 33.8. The molecule has 0 aliphatic carbocycles. The molecule has 0 saturated heterocycles. The molecule has 0 bridgehead atoms. The largest absolute Gasteiger partial charge is 0.124 e. The zero-order valence-electron chi connectivity index (χ0n) is 46.4. The van der Waals surface area contributed by atoms with Crippen LogP contribution in [0.1, 0.15) is 273 Å². The molecule has 0 N–H and O–H groups in total. The Balaban J connectivity index is 0.00000187. The Hall–Kier alpha value is 2.28. The van der Waals surface area contributed by atoms with Crippen LogP contribution in [-0.4, -0.2) is 34.5 Å². The van der Waals surface area contributed by atoms with Crippen molar-refractivity contribution in [2.75, 3.05) is 34.5 Å². The molecule has 0 aliphatic heterocycles. The third-order valence-electron chi connectivity index (χ3n) is 12.9. The number of thioether (sulfide) groups is 6. The molecule has 0 atom stereocenters. The van der Waals surface area contributed by atoms with E-state index in [0.29, 0.717) is 0 Å². The highest BCUT2D eigenvalue weighted by molar-refractivity contribution is 8.06. The molecule has 12 heteroatoms. The van der Waals surface area contributed by atoms with E-state index in [0.717, 1.165) is 0 Å². The standard InChI is InChI=1S/C54H102S6.C6Cl6/c1-7-13-19-25-31-37-43-55-49-50(56-44-38-32-26-20-14-8-2)52(58-46-40-34-28-22-16-10-4)54(60-48-42-36-30-24-18-12-6)53(59-47-41-35-29-23-17-11-5)51(49)57-45-39-33-27-21-15-9-3;7-1-2(8)4(10)6(12)5(11)3(1)9/h7-48H2,1-6H3;. The van der Waals surface area contributed by atoms with Crippen LogP contribution in [0.15, 0.2) is 29.4 Å². The number of benzene rings is 2. The SMILES string of the molecule is CCCCCCCCSc1c(SCCCCCCCC)c(SCCCCCCCC)c(SCCCCCCCC)c(SCCCCCCCC)c1SCCCCCCCC.Clc1c(Cl)c(Cl)c(Cl)c(Cl)c1Cl. The summed E-state index contributed by atoms with van der Waals surface area (Å²) < 4.78 is 0. The molecule has 0 fully saturated rings. The van der Waals surface area contributed by atoms with Crippen molar-refractivity contribution >= 4 is 140 Å². The Labute approximate surface area is 502 Å². The Bertz CT molecular complexity index is 1260. The van der Waals surface area contributed by atoms with E-state index >= 15 is 0 Å². The second kappa shape index (κ2) is 51.4. The minimum Gasteiger partial charge on any atom is -0.124 e. The summed E-state index contributed by atoms with van der Waals surface area (Å²) in [7, 11) is 0. The smallest absolute Gasteiger partial charge is 0.0810 e. The van der Waals surface area contributed by atoms with Gasteiger partial charge < -0.3 is 0 Å². The van der Waals surface area contributed by atoms with E-state index in [4.69, 9.17) is 69.6 Å². The van der Waals surface area contributed by atoms with Gasteiger partial charge in [0.25, 0.3) is 0 Å². The molecule has 2 aromatic rings. The van der Waals surface area contributed by atoms with E-state index < -0.39 is 0 Å². The molecule has 420 valence electrons. The van der Waals surface area contributed by atoms with Gasteiger partial charge in [-0.05, 0) is 73.0 Å². The van der Waals surface area contributed by atoms with Gasteiger partial charge in [0.2, 0.25) is 0 Å². The molecule has 0 aliphatic rings. The summed E-state index contributed by atoms with van der Waals surface area (Å²) in [5.41, 5.74) is 0. The summed E-state index contributed by atoms with van der Waals surface area (Å²) >= 11 is 47.8. The van der Waals surface area contributed by atoms with Gasteiger partial charge in [-0.15, -0.1) is 70.6 Å². The van der Waals surface area contributed by atoms with E-state index in [9.17, 15) is 0 Å². The van der Waals surface area contributed by atoms with Gasteiger partial charge in [0.1, 0.15) is 0 Å². The molecule has 72 heavy (non-hydrogen) atoms. The highest BCUT2D eigenvalue weighted by Gasteiger charge is 2.26. The van der Waals surface area contributed by atoms with Crippen molar-refractivity contribution in [2.45, 2.75) is 302 Å². The maximum atomic E-state index is 5.67. The summed E-state index contributed by atoms with van der Waals surface area (Å²) in [5.74, 6) is 7.72. The van der Waals surface area contributed by atoms with Gasteiger partial charge in [0, 0.05) is 29.4 Å². The molecule has 0 spiro atoms. The highest BCUT2D eigenvalue weighted by atomic mass is 35.5. The molecule has 2 rings (SSSR count). The topological polar surface area (TPSA) is 0 Å². The number of rotatable bonds is 48. The van der Waals surface area contributed by atoms with Crippen LogP contribution in [0.5, 0.6) is 0 Å². The van der Waals surface area contributed by atoms with Crippen LogP contribution in [0.25, 0.3) is 0 Å². The minimum atomic E-state index is 0.109. The van der Waals surface area contributed by atoms with Crippen molar-refractivity contribution < 1.29 is 0 Å². The van der Waals surface area contributed by atoms with Gasteiger partial charge in [-0.25, -0.2) is 0 Å². The van der Waals surface area contributed by atoms with Crippen LogP contribution in [0.2, 0.25) is 30.1 Å². The summed E-state index contributed by atoms with van der Waals surface area (Å²) in [4.78, 5) is 10.3. The highest BCUT2D eigenvalue weighted by Crippen LogP contribution is 2.55. The molecular formula is C60H102Cl6S6. The van der Waals surface area contributed by atoms with E-state index in [1.54, 1.807) is 29.4 Å². The van der Waals surface area contributed by atoms with Gasteiger partial charge in [0.05, 0.1) is 30.1 Å². The van der Waals surface area contributed by atoms with Gasteiger partial charge in [0.15, 0.2) is 0 Å². The average molecular weight is 1230 g/mol. The first-order chi connectivity index (χ1) is 35.2. The first-order valence-electron chi connectivity index (χ1n) is 29.3. The maximum Gasteiger partial charge on any atom is 0.0810 e. The van der Waals surface area contributed by atoms with Crippen molar-refractivity contribution in [3.05, 3.63) is 30.1 Å². The van der Waals surface area contributed by atoms with Crippen LogP contribution in [0, 0.1) is 0 Å². The summed E-state index contributed by atoms with van der Waals surface area (Å²) in [6, 6.07) is 0. The first kappa shape index (κ1) is 72.3. The fourth-order valence-electron chi connectivity index (χ4n) is 8.32.